The summed E-state index contributed by atoms with van der Waals surface area (Å²) in [7, 11) is 0. The zero-order valence-electron chi connectivity index (χ0n) is 6.44. The molecule has 1 atom stereocenters. The molecule has 0 bridgehead atoms. The Morgan fingerprint density at radius 2 is 2.09 bits per heavy atom. The van der Waals surface area contributed by atoms with E-state index in [1.54, 1.807) is 0 Å². The van der Waals surface area contributed by atoms with Gasteiger partial charge in [0.25, 0.3) is 5.79 Å². The van der Waals surface area contributed by atoms with Crippen LogP contribution in [0.25, 0.3) is 0 Å². The van der Waals surface area contributed by atoms with E-state index in [9.17, 15) is 4.79 Å². The highest BCUT2D eigenvalue weighted by Gasteiger charge is 2.40. The van der Waals surface area contributed by atoms with Crippen LogP contribution in [0.5, 0.6) is 0 Å². The molecule has 0 aliphatic rings. The number of ether oxygens (including phenoxy) is 1. The molecule has 0 fully saturated rings. The summed E-state index contributed by atoms with van der Waals surface area (Å²) in [6.07, 6.45) is -1.57. The Labute approximate surface area is 64.2 Å². The quantitative estimate of drug-likeness (QED) is 0.353. The van der Waals surface area contributed by atoms with E-state index in [2.05, 4.69) is 4.74 Å². The summed E-state index contributed by atoms with van der Waals surface area (Å²) in [4.78, 5) is 10.6. The van der Waals surface area contributed by atoms with Crippen LogP contribution in [-0.2, 0) is 9.53 Å². The van der Waals surface area contributed by atoms with Crippen LogP contribution in [0.2, 0.25) is 0 Å². The minimum atomic E-state index is -2.80. The summed E-state index contributed by atoms with van der Waals surface area (Å²) >= 11 is 0. The average Bonchev–Trinajstić information content (AvgIpc) is 1.88. The predicted molar refractivity (Wildman–Crippen MR) is 35.5 cm³/mol. The van der Waals surface area contributed by atoms with Crippen LogP contribution in [0.3, 0.4) is 0 Å². The Morgan fingerprint density at radius 3 is 2.36 bits per heavy atom. The number of hydrogen-bond acceptors (Lipinski definition) is 5. The van der Waals surface area contributed by atoms with E-state index >= 15 is 0 Å². The molecule has 3 N–H and O–H groups in total. The largest absolute Gasteiger partial charge is 0.462 e. The lowest BCUT2D eigenvalue weighted by Gasteiger charge is -2.21. The van der Waals surface area contributed by atoms with Crippen molar-refractivity contribution in [3.8, 4) is 0 Å². The number of carbonyl (C=O) groups excluding carboxylic acids is 1. The maximum atomic E-state index is 10.6. The molecule has 0 spiro atoms. The van der Waals surface area contributed by atoms with Crippen molar-refractivity contribution in [3.05, 3.63) is 0 Å². The molecule has 0 amide bonds. The molecule has 1 unspecified atom stereocenters. The maximum Gasteiger partial charge on any atom is 0.369 e. The second kappa shape index (κ2) is 3.66. The van der Waals surface area contributed by atoms with Crippen LogP contribution in [0.4, 0.5) is 0 Å². The average molecular weight is 164 g/mol. The van der Waals surface area contributed by atoms with Crippen LogP contribution in [-0.4, -0.2) is 39.8 Å². The third-order valence-corrected chi connectivity index (χ3v) is 1.16. The van der Waals surface area contributed by atoms with Crippen LogP contribution in [0, 0.1) is 0 Å². The molecular formula is C6H12O5. The Hall–Kier alpha value is -0.650. The first-order valence-corrected chi connectivity index (χ1v) is 3.23. The molecule has 66 valence electrons. The Morgan fingerprint density at radius 1 is 1.64 bits per heavy atom. The fourth-order valence-electron chi connectivity index (χ4n) is 0.408. The molecule has 0 aromatic carbocycles. The number of hydrogen-bond donors (Lipinski definition) is 3. The molecule has 11 heavy (non-hydrogen) atoms. The van der Waals surface area contributed by atoms with E-state index in [0.29, 0.717) is 0 Å². The highest BCUT2D eigenvalue weighted by atomic mass is 16.6. The van der Waals surface area contributed by atoms with Crippen LogP contribution in [0.1, 0.15) is 13.8 Å². The van der Waals surface area contributed by atoms with Crippen molar-refractivity contribution in [3.63, 3.8) is 0 Å². The third-order valence-electron chi connectivity index (χ3n) is 1.16. The Kier molecular flexibility index (Phi) is 3.44. The summed E-state index contributed by atoms with van der Waals surface area (Å²) in [5.74, 6) is -4.04. The third kappa shape index (κ3) is 2.45. The van der Waals surface area contributed by atoms with Gasteiger partial charge in [0.2, 0.25) is 0 Å². The molecule has 5 heteroatoms. The molecule has 0 rings (SSSR count). The molecule has 0 heterocycles. The van der Waals surface area contributed by atoms with Gasteiger partial charge in [-0.15, -0.1) is 0 Å². The van der Waals surface area contributed by atoms with E-state index in [1.165, 1.54) is 6.92 Å². The molecule has 0 saturated heterocycles. The molecule has 0 aliphatic heterocycles. The normalized spacial score (nSPS) is 14.3. The van der Waals surface area contributed by atoms with E-state index in [4.69, 9.17) is 15.3 Å². The van der Waals surface area contributed by atoms with Gasteiger partial charge in [0.15, 0.2) is 0 Å². The molecule has 0 aromatic heterocycles. The van der Waals surface area contributed by atoms with Crippen LogP contribution < -0.4 is 0 Å². The second-order valence-electron chi connectivity index (χ2n) is 2.12. The first kappa shape index (κ1) is 10.3. The van der Waals surface area contributed by atoms with Crippen molar-refractivity contribution in [2.45, 2.75) is 25.7 Å². The lowest BCUT2D eigenvalue weighted by molar-refractivity contribution is -0.237. The van der Waals surface area contributed by atoms with Crippen LogP contribution >= 0.6 is 0 Å². The van der Waals surface area contributed by atoms with Crippen LogP contribution in [0.15, 0.2) is 0 Å². The SMILES string of the molecule is CCOC(=O)C(O)(O)C(C)O. The molecule has 0 saturated carbocycles. The van der Waals surface area contributed by atoms with Crippen molar-refractivity contribution in [1.82, 2.24) is 0 Å². The first-order valence-electron chi connectivity index (χ1n) is 3.23. The molecular weight excluding hydrogens is 152 g/mol. The van der Waals surface area contributed by atoms with Gasteiger partial charge < -0.3 is 20.1 Å². The monoisotopic (exact) mass is 164 g/mol. The summed E-state index contributed by atoms with van der Waals surface area (Å²) in [5.41, 5.74) is 0. The minimum Gasteiger partial charge on any atom is -0.462 e. The van der Waals surface area contributed by atoms with Crippen molar-refractivity contribution < 1.29 is 24.9 Å². The predicted octanol–water partition coefficient (Wildman–Crippen LogP) is -1.39. The number of aliphatic hydroxyl groups excluding tert-OH is 1. The Balaban J connectivity index is 4.18. The van der Waals surface area contributed by atoms with Crippen molar-refractivity contribution >= 4 is 5.97 Å². The van der Waals surface area contributed by atoms with Crippen molar-refractivity contribution in [2.75, 3.05) is 6.61 Å². The van der Waals surface area contributed by atoms with E-state index in [1.807, 2.05) is 0 Å². The fourth-order valence-corrected chi connectivity index (χ4v) is 0.408. The smallest absolute Gasteiger partial charge is 0.369 e. The zero-order chi connectivity index (χ0) is 9.07. The molecule has 0 aliphatic carbocycles. The first-order chi connectivity index (χ1) is 4.92. The van der Waals surface area contributed by atoms with Gasteiger partial charge in [0.1, 0.15) is 6.10 Å². The lowest BCUT2D eigenvalue weighted by atomic mass is 10.2. The van der Waals surface area contributed by atoms with Crippen molar-refractivity contribution in [2.24, 2.45) is 0 Å². The van der Waals surface area contributed by atoms with E-state index in [0.717, 1.165) is 6.92 Å². The summed E-state index contributed by atoms with van der Waals surface area (Å²) in [5, 5.41) is 26.3. The number of carbonyl (C=O) groups is 1. The zero-order valence-corrected chi connectivity index (χ0v) is 6.44. The van der Waals surface area contributed by atoms with Gasteiger partial charge in [-0.25, -0.2) is 4.79 Å². The van der Waals surface area contributed by atoms with Gasteiger partial charge in [0.05, 0.1) is 6.61 Å². The summed E-state index contributed by atoms with van der Waals surface area (Å²) in [6, 6.07) is 0. The lowest BCUT2D eigenvalue weighted by Crippen LogP contribution is -2.49. The maximum absolute atomic E-state index is 10.6. The molecule has 5 nitrogen and oxygen atoms in total. The van der Waals surface area contributed by atoms with E-state index < -0.39 is 17.9 Å². The molecule has 0 aromatic rings. The fraction of sp³-hybridized carbons (Fsp3) is 0.833. The highest BCUT2D eigenvalue weighted by Crippen LogP contribution is 2.07. The standard InChI is InChI=1S/C6H12O5/c1-3-11-5(8)6(9,10)4(2)7/h4,7,9-10H,3H2,1-2H3. The van der Waals surface area contributed by atoms with Gasteiger partial charge in [-0.3, -0.25) is 0 Å². The van der Waals surface area contributed by atoms with Gasteiger partial charge in [-0.1, -0.05) is 0 Å². The Bertz CT molecular complexity index is 140. The number of rotatable bonds is 3. The number of aliphatic hydroxyl groups is 3. The topological polar surface area (TPSA) is 87.0 Å². The van der Waals surface area contributed by atoms with E-state index in [-0.39, 0.29) is 6.61 Å². The second-order valence-corrected chi connectivity index (χ2v) is 2.12. The highest BCUT2D eigenvalue weighted by molar-refractivity contribution is 5.77. The van der Waals surface area contributed by atoms with Gasteiger partial charge in [-0.05, 0) is 13.8 Å². The molecule has 0 radical (unpaired) electrons. The van der Waals surface area contributed by atoms with Gasteiger partial charge in [0, 0.05) is 0 Å². The summed E-state index contributed by atoms with van der Waals surface area (Å²) in [6.45, 7) is 2.64. The van der Waals surface area contributed by atoms with Crippen molar-refractivity contribution in [1.29, 1.82) is 0 Å². The van der Waals surface area contributed by atoms with Gasteiger partial charge in [-0.2, -0.15) is 0 Å². The minimum absolute atomic E-state index is 0.0361. The number of esters is 1. The summed E-state index contributed by atoms with van der Waals surface area (Å²) < 4.78 is 4.27. The van der Waals surface area contributed by atoms with Gasteiger partial charge >= 0.3 is 5.97 Å².